The molecule has 0 aromatic heterocycles. The van der Waals surface area contributed by atoms with Crippen LogP contribution in [0.3, 0.4) is 0 Å². The van der Waals surface area contributed by atoms with E-state index in [1.165, 1.54) is 42.5 Å². The van der Waals surface area contributed by atoms with Crippen molar-refractivity contribution in [3.05, 3.63) is 113 Å². The van der Waals surface area contributed by atoms with Gasteiger partial charge in [-0.1, -0.05) is 48.6 Å². The van der Waals surface area contributed by atoms with Gasteiger partial charge in [-0.05, 0) is 59.7 Å². The number of rotatable bonds is 6. The van der Waals surface area contributed by atoms with Crippen molar-refractivity contribution in [2.75, 3.05) is 0 Å². The Morgan fingerprint density at radius 1 is 0.600 bits per heavy atom. The molecule has 4 rings (SSSR count). The molecular weight excluding hydrogens is 448 g/mol. The minimum atomic E-state index is -0.806. The molecule has 0 radical (unpaired) electrons. The van der Waals surface area contributed by atoms with Crippen molar-refractivity contribution in [1.82, 2.24) is 0 Å². The predicted octanol–water partition coefficient (Wildman–Crippen LogP) is 5.41. The fraction of sp³-hybridized carbons (Fsp3) is 0. The highest BCUT2D eigenvalue weighted by atomic mass is 16.6. The Balaban J connectivity index is 1.45. The number of phenolic OH excluding ortho intramolecular Hbond substituents is 3. The van der Waals surface area contributed by atoms with Gasteiger partial charge in [0.15, 0.2) is 0 Å². The summed E-state index contributed by atoms with van der Waals surface area (Å²) in [4.78, 5) is 25.2. The van der Waals surface area contributed by atoms with E-state index in [-0.39, 0.29) is 39.9 Å². The molecule has 35 heavy (non-hydrogen) atoms. The maximum atomic E-state index is 12.8. The van der Waals surface area contributed by atoms with Crippen LogP contribution in [0.4, 0.5) is 0 Å². The van der Waals surface area contributed by atoms with E-state index in [1.807, 2.05) is 0 Å². The van der Waals surface area contributed by atoms with E-state index in [0.29, 0.717) is 5.56 Å². The molecular formula is C28H20O7. The number of aromatic hydroxyl groups is 3. The summed E-state index contributed by atoms with van der Waals surface area (Å²) in [6, 6.07) is 23.0. The normalized spacial score (nSPS) is 10.7. The van der Waals surface area contributed by atoms with Gasteiger partial charge in [-0.3, -0.25) is 0 Å². The molecule has 0 bridgehead atoms. The summed E-state index contributed by atoms with van der Waals surface area (Å²) in [5.74, 6) is -1.56. The number of esters is 2. The number of hydrogen-bond donors (Lipinski definition) is 3. The van der Waals surface area contributed by atoms with Crippen LogP contribution in [0.2, 0.25) is 0 Å². The van der Waals surface area contributed by atoms with Crippen molar-refractivity contribution >= 4 is 24.1 Å². The van der Waals surface area contributed by atoms with Crippen LogP contribution in [-0.4, -0.2) is 27.3 Å². The number of para-hydroxylation sites is 2. The molecule has 0 saturated heterocycles. The van der Waals surface area contributed by atoms with E-state index in [9.17, 15) is 24.9 Å². The minimum absolute atomic E-state index is 0.000303. The van der Waals surface area contributed by atoms with Crippen LogP contribution in [0.5, 0.6) is 28.7 Å². The lowest BCUT2D eigenvalue weighted by atomic mass is 10.1. The summed E-state index contributed by atoms with van der Waals surface area (Å²) in [6.45, 7) is 0. The molecule has 7 heteroatoms. The van der Waals surface area contributed by atoms with Crippen LogP contribution < -0.4 is 9.47 Å². The Labute approximate surface area is 200 Å². The molecule has 4 aromatic rings. The molecule has 174 valence electrons. The van der Waals surface area contributed by atoms with Crippen molar-refractivity contribution in [1.29, 1.82) is 0 Å². The van der Waals surface area contributed by atoms with Crippen LogP contribution in [0.1, 0.15) is 31.8 Å². The average Bonchev–Trinajstić information content (AvgIpc) is 2.83. The second-order valence-electron chi connectivity index (χ2n) is 7.48. The van der Waals surface area contributed by atoms with Gasteiger partial charge in [-0.25, -0.2) is 9.59 Å². The summed E-state index contributed by atoms with van der Waals surface area (Å²) in [5.41, 5.74) is 1.43. The van der Waals surface area contributed by atoms with E-state index in [2.05, 4.69) is 0 Å². The van der Waals surface area contributed by atoms with E-state index in [4.69, 9.17) is 9.47 Å². The summed E-state index contributed by atoms with van der Waals surface area (Å²) >= 11 is 0. The number of ether oxygens (including phenoxy) is 2. The van der Waals surface area contributed by atoms with Crippen molar-refractivity contribution in [2.24, 2.45) is 0 Å². The third-order valence-corrected chi connectivity index (χ3v) is 4.92. The lowest BCUT2D eigenvalue weighted by Gasteiger charge is -2.10. The molecule has 0 aliphatic heterocycles. The Kier molecular flexibility index (Phi) is 6.78. The predicted molar refractivity (Wildman–Crippen MR) is 130 cm³/mol. The monoisotopic (exact) mass is 468 g/mol. The fourth-order valence-corrected chi connectivity index (χ4v) is 3.24. The summed E-state index contributed by atoms with van der Waals surface area (Å²) in [6.07, 6.45) is 3.49. The van der Waals surface area contributed by atoms with Gasteiger partial charge >= 0.3 is 11.9 Å². The van der Waals surface area contributed by atoms with Gasteiger partial charge in [0.05, 0.1) is 0 Å². The molecule has 0 saturated carbocycles. The number of phenols is 3. The third-order valence-electron chi connectivity index (χ3n) is 4.92. The van der Waals surface area contributed by atoms with Crippen LogP contribution in [0.25, 0.3) is 12.2 Å². The second kappa shape index (κ2) is 10.3. The lowest BCUT2D eigenvalue weighted by molar-refractivity contribution is 0.0705. The highest BCUT2D eigenvalue weighted by Gasteiger charge is 2.19. The van der Waals surface area contributed by atoms with Crippen LogP contribution in [0, 0.1) is 0 Å². The summed E-state index contributed by atoms with van der Waals surface area (Å²) in [5, 5.41) is 29.0. The Morgan fingerprint density at radius 3 is 1.86 bits per heavy atom. The molecule has 0 atom stereocenters. The number of hydrogen-bond acceptors (Lipinski definition) is 7. The van der Waals surface area contributed by atoms with Crippen LogP contribution >= 0.6 is 0 Å². The second-order valence-corrected chi connectivity index (χ2v) is 7.48. The van der Waals surface area contributed by atoms with Crippen molar-refractivity contribution in [3.8, 4) is 28.7 Å². The molecule has 0 aliphatic carbocycles. The van der Waals surface area contributed by atoms with E-state index in [1.54, 1.807) is 60.7 Å². The van der Waals surface area contributed by atoms with Crippen LogP contribution in [-0.2, 0) is 0 Å². The first kappa shape index (κ1) is 23.1. The summed E-state index contributed by atoms with van der Waals surface area (Å²) < 4.78 is 10.8. The highest BCUT2D eigenvalue weighted by Crippen LogP contribution is 2.25. The standard InChI is InChI=1S/C28H20O7/c29-20-15-19(16-21(30)17-20)10-9-18-11-13-22(14-12-18)34-28(33)24-6-2-4-8-26(24)35-27(32)23-5-1-3-7-25(23)31/h1-17,29-31H/b10-9+. The van der Waals surface area contributed by atoms with Crippen molar-refractivity contribution < 1.29 is 34.4 Å². The molecule has 0 unspecified atom stereocenters. The Bertz CT molecular complexity index is 1380. The highest BCUT2D eigenvalue weighted by molar-refractivity contribution is 5.98. The lowest BCUT2D eigenvalue weighted by Crippen LogP contribution is -2.14. The zero-order valence-corrected chi connectivity index (χ0v) is 18.3. The zero-order chi connectivity index (χ0) is 24.8. The third kappa shape index (κ3) is 5.85. The van der Waals surface area contributed by atoms with E-state index in [0.717, 1.165) is 5.56 Å². The molecule has 0 aliphatic rings. The molecule has 0 fully saturated rings. The summed E-state index contributed by atoms with van der Waals surface area (Å²) in [7, 11) is 0. The Hall–Kier alpha value is -5.04. The molecule has 0 heterocycles. The van der Waals surface area contributed by atoms with Gasteiger partial charge in [-0.2, -0.15) is 0 Å². The smallest absolute Gasteiger partial charge is 0.347 e. The largest absolute Gasteiger partial charge is 0.508 e. The molecule has 0 spiro atoms. The zero-order valence-electron chi connectivity index (χ0n) is 18.3. The first-order chi connectivity index (χ1) is 16.9. The topological polar surface area (TPSA) is 113 Å². The molecule has 4 aromatic carbocycles. The Morgan fingerprint density at radius 2 is 1.17 bits per heavy atom. The van der Waals surface area contributed by atoms with Gasteiger partial charge in [0.1, 0.15) is 39.9 Å². The number of carbonyl (C=O) groups excluding carboxylic acids is 2. The van der Waals surface area contributed by atoms with Crippen LogP contribution in [0.15, 0.2) is 91.0 Å². The maximum Gasteiger partial charge on any atom is 0.347 e. The van der Waals surface area contributed by atoms with Crippen molar-refractivity contribution in [2.45, 2.75) is 0 Å². The van der Waals surface area contributed by atoms with E-state index >= 15 is 0 Å². The molecule has 3 N–H and O–H groups in total. The van der Waals surface area contributed by atoms with Gasteiger partial charge in [0.2, 0.25) is 0 Å². The first-order valence-electron chi connectivity index (χ1n) is 10.5. The van der Waals surface area contributed by atoms with Gasteiger partial charge in [-0.15, -0.1) is 0 Å². The van der Waals surface area contributed by atoms with Gasteiger partial charge in [0.25, 0.3) is 0 Å². The molecule has 0 amide bonds. The average molecular weight is 468 g/mol. The minimum Gasteiger partial charge on any atom is -0.508 e. The SMILES string of the molecule is O=C(Oc1ccccc1C(=O)Oc1ccc(/C=C/c2cc(O)cc(O)c2)cc1)c1ccccc1O. The quantitative estimate of drug-likeness (QED) is 0.197. The maximum absolute atomic E-state index is 12.8. The fourth-order valence-electron chi connectivity index (χ4n) is 3.24. The van der Waals surface area contributed by atoms with Gasteiger partial charge in [0, 0.05) is 6.07 Å². The number of carbonyl (C=O) groups is 2. The number of benzene rings is 4. The molecule has 7 nitrogen and oxygen atoms in total. The van der Waals surface area contributed by atoms with E-state index < -0.39 is 11.9 Å². The first-order valence-corrected chi connectivity index (χ1v) is 10.5. The van der Waals surface area contributed by atoms with Gasteiger partial charge < -0.3 is 24.8 Å². The van der Waals surface area contributed by atoms with Crippen molar-refractivity contribution in [3.63, 3.8) is 0 Å².